The minimum atomic E-state index is -1.02. The number of esters is 1. The average Bonchev–Trinajstić information content (AvgIpc) is 2.90. The van der Waals surface area contributed by atoms with E-state index in [-0.39, 0.29) is 6.61 Å². The van der Waals surface area contributed by atoms with Crippen molar-refractivity contribution in [1.29, 1.82) is 5.26 Å². The van der Waals surface area contributed by atoms with Gasteiger partial charge < -0.3 is 4.74 Å². The summed E-state index contributed by atoms with van der Waals surface area (Å²) in [5, 5.41) is 8.76. The van der Waals surface area contributed by atoms with Gasteiger partial charge in [0.2, 0.25) is 0 Å². The zero-order valence-electron chi connectivity index (χ0n) is 13.4. The smallest absolute Gasteiger partial charge is 0.329 e. The SMILES string of the molecule is CC(C(=O)OCc1ccc(C#N)cc1)N1C(=O)c2ccccc2C1=O. The van der Waals surface area contributed by atoms with Crippen LogP contribution in [0.3, 0.4) is 0 Å². The highest BCUT2D eigenvalue weighted by Gasteiger charge is 2.41. The molecule has 1 aliphatic heterocycles. The fourth-order valence-electron chi connectivity index (χ4n) is 2.62. The first kappa shape index (κ1) is 16.4. The van der Waals surface area contributed by atoms with Crippen LogP contribution >= 0.6 is 0 Å². The van der Waals surface area contributed by atoms with Crippen LogP contribution in [0.4, 0.5) is 0 Å². The molecule has 3 rings (SSSR count). The maximum absolute atomic E-state index is 12.4. The number of amides is 2. The van der Waals surface area contributed by atoms with Gasteiger partial charge in [-0.05, 0) is 36.8 Å². The number of benzene rings is 2. The lowest BCUT2D eigenvalue weighted by Crippen LogP contribution is -2.43. The number of nitrogens with zero attached hydrogens (tertiary/aromatic N) is 2. The Morgan fingerprint density at radius 2 is 1.64 bits per heavy atom. The summed E-state index contributed by atoms with van der Waals surface area (Å²) < 4.78 is 5.20. The molecule has 0 fully saturated rings. The van der Waals surface area contributed by atoms with Crippen molar-refractivity contribution in [2.45, 2.75) is 19.6 Å². The van der Waals surface area contributed by atoms with Crippen molar-refractivity contribution >= 4 is 17.8 Å². The summed E-state index contributed by atoms with van der Waals surface area (Å²) in [5.41, 5.74) is 1.80. The summed E-state index contributed by atoms with van der Waals surface area (Å²) in [4.78, 5) is 37.9. The van der Waals surface area contributed by atoms with Gasteiger partial charge in [0.15, 0.2) is 0 Å². The van der Waals surface area contributed by atoms with Gasteiger partial charge in [0.25, 0.3) is 11.8 Å². The van der Waals surface area contributed by atoms with Gasteiger partial charge in [-0.25, -0.2) is 4.79 Å². The molecule has 0 N–H and O–H groups in total. The molecule has 0 aromatic heterocycles. The minimum absolute atomic E-state index is 0.00193. The van der Waals surface area contributed by atoms with E-state index >= 15 is 0 Å². The van der Waals surface area contributed by atoms with Crippen LogP contribution < -0.4 is 0 Å². The van der Waals surface area contributed by atoms with Gasteiger partial charge >= 0.3 is 5.97 Å². The highest BCUT2D eigenvalue weighted by molar-refractivity contribution is 6.22. The first-order valence-corrected chi connectivity index (χ1v) is 7.65. The summed E-state index contributed by atoms with van der Waals surface area (Å²) in [5.74, 6) is -1.66. The van der Waals surface area contributed by atoms with E-state index in [1.54, 1.807) is 48.5 Å². The van der Waals surface area contributed by atoms with E-state index in [2.05, 4.69) is 0 Å². The molecule has 2 aromatic rings. The molecule has 0 aliphatic carbocycles. The van der Waals surface area contributed by atoms with Gasteiger partial charge in [-0.1, -0.05) is 24.3 Å². The van der Waals surface area contributed by atoms with Crippen LogP contribution in [0.15, 0.2) is 48.5 Å². The second kappa shape index (κ2) is 6.57. The number of nitriles is 1. The van der Waals surface area contributed by atoms with E-state index in [0.29, 0.717) is 22.3 Å². The Morgan fingerprint density at radius 1 is 1.08 bits per heavy atom. The highest BCUT2D eigenvalue weighted by Crippen LogP contribution is 2.24. The van der Waals surface area contributed by atoms with Gasteiger partial charge in [0.1, 0.15) is 12.6 Å². The molecule has 0 saturated heterocycles. The van der Waals surface area contributed by atoms with E-state index in [4.69, 9.17) is 10.00 Å². The van der Waals surface area contributed by atoms with Crippen LogP contribution in [0.25, 0.3) is 0 Å². The number of carbonyl (C=O) groups is 3. The lowest BCUT2D eigenvalue weighted by molar-refractivity contribution is -0.149. The summed E-state index contributed by atoms with van der Waals surface area (Å²) in [6.45, 7) is 1.46. The molecular weight excluding hydrogens is 320 g/mol. The monoisotopic (exact) mass is 334 g/mol. The number of carbonyl (C=O) groups excluding carboxylic acids is 3. The van der Waals surface area contributed by atoms with Crippen molar-refractivity contribution in [3.63, 3.8) is 0 Å². The van der Waals surface area contributed by atoms with Crippen LogP contribution in [0.1, 0.15) is 38.8 Å². The Hall–Kier alpha value is -3.46. The molecular formula is C19H14N2O4. The Kier molecular flexibility index (Phi) is 4.31. The third-order valence-electron chi connectivity index (χ3n) is 4.02. The predicted molar refractivity (Wildman–Crippen MR) is 87.4 cm³/mol. The molecule has 1 unspecified atom stereocenters. The van der Waals surface area contributed by atoms with E-state index < -0.39 is 23.8 Å². The number of hydrogen-bond acceptors (Lipinski definition) is 5. The molecule has 1 atom stereocenters. The normalized spacial score (nSPS) is 14.0. The van der Waals surface area contributed by atoms with Crippen LogP contribution in [-0.4, -0.2) is 28.7 Å². The molecule has 0 radical (unpaired) electrons. The Morgan fingerprint density at radius 3 is 2.16 bits per heavy atom. The standard InChI is InChI=1S/C19H14N2O4/c1-12(19(24)25-11-14-8-6-13(10-20)7-9-14)21-17(22)15-4-2-3-5-16(15)18(21)23/h2-9,12H,11H2,1H3. The molecule has 6 nitrogen and oxygen atoms in total. The van der Waals surface area contributed by atoms with Crippen LogP contribution in [0.2, 0.25) is 0 Å². The Bertz CT molecular complexity index is 861. The summed E-state index contributed by atoms with van der Waals surface area (Å²) in [6.07, 6.45) is 0. The first-order valence-electron chi connectivity index (χ1n) is 7.65. The molecule has 0 spiro atoms. The number of rotatable bonds is 4. The fraction of sp³-hybridized carbons (Fsp3) is 0.158. The summed E-state index contributed by atoms with van der Waals surface area (Å²) in [6, 6.07) is 14.0. The van der Waals surface area contributed by atoms with Crippen molar-refractivity contribution in [1.82, 2.24) is 4.90 Å². The number of hydrogen-bond donors (Lipinski definition) is 0. The van der Waals surface area contributed by atoms with Gasteiger partial charge in [0, 0.05) is 0 Å². The third-order valence-corrected chi connectivity index (χ3v) is 4.02. The third kappa shape index (κ3) is 3.00. The molecule has 2 aromatic carbocycles. The van der Waals surface area contributed by atoms with Crippen LogP contribution in [0.5, 0.6) is 0 Å². The first-order chi connectivity index (χ1) is 12.0. The summed E-state index contributed by atoms with van der Waals surface area (Å²) >= 11 is 0. The topological polar surface area (TPSA) is 87.5 Å². The van der Waals surface area contributed by atoms with E-state index in [1.807, 2.05) is 6.07 Å². The number of ether oxygens (including phenoxy) is 1. The maximum atomic E-state index is 12.4. The molecule has 6 heteroatoms. The van der Waals surface area contributed by atoms with Crippen molar-refractivity contribution in [3.8, 4) is 6.07 Å². The van der Waals surface area contributed by atoms with E-state index in [1.165, 1.54) is 6.92 Å². The molecule has 1 aliphatic rings. The van der Waals surface area contributed by atoms with Crippen molar-refractivity contribution < 1.29 is 19.1 Å². The fourth-order valence-corrected chi connectivity index (χ4v) is 2.62. The molecule has 0 saturated carbocycles. The van der Waals surface area contributed by atoms with Gasteiger partial charge in [-0.15, -0.1) is 0 Å². The van der Waals surface area contributed by atoms with Crippen molar-refractivity contribution in [2.24, 2.45) is 0 Å². The van der Waals surface area contributed by atoms with Gasteiger partial charge in [-0.3, -0.25) is 14.5 Å². The van der Waals surface area contributed by atoms with Gasteiger partial charge in [-0.2, -0.15) is 5.26 Å². The lowest BCUT2D eigenvalue weighted by atomic mass is 10.1. The molecule has 25 heavy (non-hydrogen) atoms. The zero-order chi connectivity index (χ0) is 18.0. The highest BCUT2D eigenvalue weighted by atomic mass is 16.5. The molecule has 124 valence electrons. The Labute approximate surface area is 144 Å². The second-order valence-electron chi connectivity index (χ2n) is 5.62. The average molecular weight is 334 g/mol. The minimum Gasteiger partial charge on any atom is -0.459 e. The number of imide groups is 1. The second-order valence-corrected chi connectivity index (χ2v) is 5.62. The largest absolute Gasteiger partial charge is 0.459 e. The maximum Gasteiger partial charge on any atom is 0.329 e. The number of fused-ring (bicyclic) bond motifs is 1. The van der Waals surface area contributed by atoms with Crippen molar-refractivity contribution in [3.05, 3.63) is 70.8 Å². The van der Waals surface area contributed by atoms with Crippen LogP contribution in [0, 0.1) is 11.3 Å². The molecule has 2 amide bonds. The quantitative estimate of drug-likeness (QED) is 0.632. The lowest BCUT2D eigenvalue weighted by Gasteiger charge is -2.20. The van der Waals surface area contributed by atoms with E-state index in [9.17, 15) is 14.4 Å². The molecule has 0 bridgehead atoms. The van der Waals surface area contributed by atoms with Crippen molar-refractivity contribution in [2.75, 3.05) is 0 Å². The predicted octanol–water partition coefficient (Wildman–Crippen LogP) is 2.29. The zero-order valence-corrected chi connectivity index (χ0v) is 13.4. The van der Waals surface area contributed by atoms with E-state index in [0.717, 1.165) is 4.90 Å². The van der Waals surface area contributed by atoms with Gasteiger partial charge in [0.05, 0.1) is 22.8 Å². The van der Waals surface area contributed by atoms with Crippen LogP contribution in [-0.2, 0) is 16.1 Å². The molecule has 1 heterocycles. The Balaban J connectivity index is 1.68. The summed E-state index contributed by atoms with van der Waals surface area (Å²) in [7, 11) is 0.